The SMILES string of the molecule is O=C(O)CON=C1CCOC1. The van der Waals surface area contributed by atoms with Gasteiger partial charge >= 0.3 is 5.97 Å². The van der Waals surface area contributed by atoms with Gasteiger partial charge in [0.15, 0.2) is 0 Å². The number of carboxylic acid groups (broad SMARTS) is 1. The highest BCUT2D eigenvalue weighted by atomic mass is 16.6. The largest absolute Gasteiger partial charge is 0.479 e. The smallest absolute Gasteiger partial charge is 0.344 e. The Hall–Kier alpha value is -1.10. The summed E-state index contributed by atoms with van der Waals surface area (Å²) in [6, 6.07) is 0. The van der Waals surface area contributed by atoms with Crippen LogP contribution in [0.4, 0.5) is 0 Å². The van der Waals surface area contributed by atoms with Gasteiger partial charge in [-0.25, -0.2) is 4.79 Å². The summed E-state index contributed by atoms with van der Waals surface area (Å²) in [5, 5.41) is 11.7. The van der Waals surface area contributed by atoms with Gasteiger partial charge in [-0.05, 0) is 0 Å². The van der Waals surface area contributed by atoms with Gasteiger partial charge in [0, 0.05) is 6.42 Å². The third-order valence-corrected chi connectivity index (χ3v) is 1.19. The van der Waals surface area contributed by atoms with Crippen molar-refractivity contribution in [1.29, 1.82) is 0 Å². The zero-order valence-corrected chi connectivity index (χ0v) is 5.95. The molecule has 1 heterocycles. The number of hydrogen-bond donors (Lipinski definition) is 1. The fourth-order valence-electron chi connectivity index (χ4n) is 0.703. The van der Waals surface area contributed by atoms with Crippen LogP contribution in [0, 0.1) is 0 Å². The fourth-order valence-corrected chi connectivity index (χ4v) is 0.703. The predicted molar refractivity (Wildman–Crippen MR) is 36.5 cm³/mol. The van der Waals surface area contributed by atoms with E-state index in [0.717, 1.165) is 12.1 Å². The minimum absolute atomic E-state index is 0.385. The molecule has 1 aliphatic heterocycles. The van der Waals surface area contributed by atoms with Gasteiger partial charge in [-0.1, -0.05) is 5.16 Å². The van der Waals surface area contributed by atoms with Gasteiger partial charge in [-0.3, -0.25) is 0 Å². The Morgan fingerprint density at radius 1 is 1.82 bits per heavy atom. The van der Waals surface area contributed by atoms with E-state index in [1.807, 2.05) is 0 Å². The molecule has 0 aromatic heterocycles. The first-order valence-corrected chi connectivity index (χ1v) is 3.26. The minimum Gasteiger partial charge on any atom is -0.479 e. The molecule has 11 heavy (non-hydrogen) atoms. The van der Waals surface area contributed by atoms with Crippen molar-refractivity contribution in [3.63, 3.8) is 0 Å². The molecule has 0 aromatic carbocycles. The van der Waals surface area contributed by atoms with Crippen LogP contribution in [0.15, 0.2) is 5.16 Å². The Kier molecular flexibility index (Phi) is 2.85. The molecule has 1 fully saturated rings. The maximum atomic E-state index is 9.95. The van der Waals surface area contributed by atoms with Crippen LogP contribution in [0.5, 0.6) is 0 Å². The number of hydrogen-bond acceptors (Lipinski definition) is 4. The van der Waals surface area contributed by atoms with Crippen molar-refractivity contribution < 1.29 is 19.5 Å². The lowest BCUT2D eigenvalue weighted by Gasteiger charge is -1.94. The molecule has 0 atom stereocenters. The maximum Gasteiger partial charge on any atom is 0.344 e. The molecule has 5 heteroatoms. The first-order valence-electron chi connectivity index (χ1n) is 3.26. The van der Waals surface area contributed by atoms with E-state index < -0.39 is 5.97 Å². The summed E-state index contributed by atoms with van der Waals surface area (Å²) in [6.45, 7) is 0.721. The molecule has 0 unspecified atom stereocenters. The quantitative estimate of drug-likeness (QED) is 0.582. The van der Waals surface area contributed by atoms with Gasteiger partial charge in [0.05, 0.1) is 18.9 Å². The molecule has 0 spiro atoms. The molecule has 5 nitrogen and oxygen atoms in total. The van der Waals surface area contributed by atoms with Crippen LogP contribution in [0.1, 0.15) is 6.42 Å². The number of aliphatic carboxylic acids is 1. The number of nitrogens with zero attached hydrogens (tertiary/aromatic N) is 1. The van der Waals surface area contributed by atoms with E-state index in [9.17, 15) is 4.79 Å². The second-order valence-corrected chi connectivity index (χ2v) is 2.13. The lowest BCUT2D eigenvalue weighted by Crippen LogP contribution is -2.05. The standard InChI is InChI=1S/C6H9NO4/c8-6(9)4-11-7-5-1-2-10-3-5/h1-4H2,(H,8,9). The highest BCUT2D eigenvalue weighted by Crippen LogP contribution is 1.99. The van der Waals surface area contributed by atoms with Crippen molar-refractivity contribution in [3.05, 3.63) is 0 Å². The van der Waals surface area contributed by atoms with Crippen molar-refractivity contribution in [2.24, 2.45) is 5.16 Å². The van der Waals surface area contributed by atoms with Gasteiger partial charge in [0.2, 0.25) is 6.61 Å². The van der Waals surface area contributed by atoms with E-state index in [4.69, 9.17) is 9.84 Å². The molecule has 0 amide bonds. The average Bonchev–Trinajstić information content (AvgIpc) is 2.39. The number of carboxylic acids is 1. The molecule has 0 radical (unpaired) electrons. The molecule has 1 N–H and O–H groups in total. The Morgan fingerprint density at radius 2 is 2.64 bits per heavy atom. The molecule has 0 aromatic rings. The average molecular weight is 159 g/mol. The van der Waals surface area contributed by atoms with Crippen molar-refractivity contribution >= 4 is 11.7 Å². The van der Waals surface area contributed by atoms with Gasteiger partial charge in [0.25, 0.3) is 0 Å². The van der Waals surface area contributed by atoms with Crippen LogP contribution in [0.25, 0.3) is 0 Å². The molecular weight excluding hydrogens is 150 g/mol. The summed E-state index contributed by atoms with van der Waals surface area (Å²) in [6.07, 6.45) is 0.736. The molecule has 1 rings (SSSR count). The van der Waals surface area contributed by atoms with Crippen molar-refractivity contribution in [3.8, 4) is 0 Å². The Balaban J connectivity index is 2.18. The Bertz CT molecular complexity index is 169. The minimum atomic E-state index is -1.02. The Morgan fingerprint density at radius 3 is 3.18 bits per heavy atom. The van der Waals surface area contributed by atoms with E-state index in [1.165, 1.54) is 0 Å². The summed E-state index contributed by atoms with van der Waals surface area (Å²) >= 11 is 0. The fraction of sp³-hybridized carbons (Fsp3) is 0.667. The molecule has 0 saturated carbocycles. The number of carbonyl (C=O) groups is 1. The monoisotopic (exact) mass is 159 g/mol. The van der Waals surface area contributed by atoms with E-state index in [2.05, 4.69) is 9.99 Å². The summed E-state index contributed by atoms with van der Waals surface area (Å²) < 4.78 is 4.96. The summed E-state index contributed by atoms with van der Waals surface area (Å²) in [5.74, 6) is -1.02. The van der Waals surface area contributed by atoms with Gasteiger partial charge in [0.1, 0.15) is 0 Å². The molecular formula is C6H9NO4. The second kappa shape index (κ2) is 3.92. The zero-order valence-electron chi connectivity index (χ0n) is 5.95. The number of oxime groups is 1. The van der Waals surface area contributed by atoms with Crippen molar-refractivity contribution in [2.45, 2.75) is 6.42 Å². The van der Waals surface area contributed by atoms with Crippen LogP contribution < -0.4 is 0 Å². The number of ether oxygens (including phenoxy) is 1. The summed E-state index contributed by atoms with van der Waals surface area (Å²) in [5.41, 5.74) is 0.770. The molecule has 1 aliphatic rings. The third kappa shape index (κ3) is 2.99. The summed E-state index contributed by atoms with van der Waals surface area (Å²) in [7, 11) is 0. The Labute approximate surface area is 63.6 Å². The molecule has 62 valence electrons. The van der Waals surface area contributed by atoms with E-state index >= 15 is 0 Å². The van der Waals surface area contributed by atoms with Crippen molar-refractivity contribution in [1.82, 2.24) is 0 Å². The van der Waals surface area contributed by atoms with Crippen LogP contribution in [-0.2, 0) is 14.4 Å². The zero-order chi connectivity index (χ0) is 8.10. The molecule has 0 aliphatic carbocycles. The third-order valence-electron chi connectivity index (χ3n) is 1.19. The van der Waals surface area contributed by atoms with E-state index in [-0.39, 0.29) is 6.61 Å². The van der Waals surface area contributed by atoms with E-state index in [0.29, 0.717) is 13.2 Å². The van der Waals surface area contributed by atoms with Crippen LogP contribution in [-0.4, -0.2) is 36.6 Å². The van der Waals surface area contributed by atoms with Gasteiger partial charge < -0.3 is 14.7 Å². The van der Waals surface area contributed by atoms with Crippen LogP contribution >= 0.6 is 0 Å². The topological polar surface area (TPSA) is 68.1 Å². The molecule has 0 bridgehead atoms. The highest BCUT2D eigenvalue weighted by molar-refractivity contribution is 5.86. The van der Waals surface area contributed by atoms with Crippen molar-refractivity contribution in [2.75, 3.05) is 19.8 Å². The first-order chi connectivity index (χ1) is 5.29. The van der Waals surface area contributed by atoms with Crippen LogP contribution in [0.3, 0.4) is 0 Å². The lowest BCUT2D eigenvalue weighted by molar-refractivity contribution is -0.142. The lowest BCUT2D eigenvalue weighted by atomic mass is 10.3. The normalized spacial score (nSPS) is 20.5. The molecule has 1 saturated heterocycles. The highest BCUT2D eigenvalue weighted by Gasteiger charge is 2.08. The van der Waals surface area contributed by atoms with E-state index in [1.54, 1.807) is 0 Å². The van der Waals surface area contributed by atoms with Crippen LogP contribution in [0.2, 0.25) is 0 Å². The van der Waals surface area contributed by atoms with Gasteiger partial charge in [-0.15, -0.1) is 0 Å². The number of rotatable bonds is 3. The van der Waals surface area contributed by atoms with Gasteiger partial charge in [-0.2, -0.15) is 0 Å². The predicted octanol–water partition coefficient (Wildman–Crippen LogP) is -0.136. The first kappa shape index (κ1) is 8.00. The second-order valence-electron chi connectivity index (χ2n) is 2.13. The maximum absolute atomic E-state index is 9.95. The summed E-state index contributed by atoms with van der Waals surface area (Å²) in [4.78, 5) is 14.4.